The van der Waals surface area contributed by atoms with Crippen molar-refractivity contribution in [3.05, 3.63) is 83.6 Å². The third kappa shape index (κ3) is 4.09. The van der Waals surface area contributed by atoms with E-state index in [0.29, 0.717) is 17.2 Å². The van der Waals surface area contributed by atoms with Crippen molar-refractivity contribution < 1.29 is 4.79 Å². The highest BCUT2D eigenvalue weighted by atomic mass is 16.1. The van der Waals surface area contributed by atoms with E-state index in [1.54, 1.807) is 18.3 Å². The van der Waals surface area contributed by atoms with Crippen LogP contribution in [0.3, 0.4) is 0 Å². The molecule has 0 aliphatic heterocycles. The molecule has 0 saturated heterocycles. The Hall–Kier alpha value is -3.14. The molecule has 0 atom stereocenters. The second-order valence-electron chi connectivity index (χ2n) is 6.57. The smallest absolute Gasteiger partial charge is 0.255 e. The molecular formula is C22H23N3O. The van der Waals surface area contributed by atoms with Gasteiger partial charge >= 0.3 is 0 Å². The van der Waals surface area contributed by atoms with E-state index in [0.717, 1.165) is 11.5 Å². The summed E-state index contributed by atoms with van der Waals surface area (Å²) in [5.74, 6) is 1.02. The van der Waals surface area contributed by atoms with E-state index in [4.69, 9.17) is 0 Å². The third-order valence-corrected chi connectivity index (χ3v) is 4.24. The molecule has 0 radical (unpaired) electrons. The molecule has 1 heterocycles. The maximum absolute atomic E-state index is 12.2. The highest BCUT2D eigenvalue weighted by Gasteiger charge is 2.10. The van der Waals surface area contributed by atoms with Crippen molar-refractivity contribution in [2.45, 2.75) is 26.7 Å². The number of hydrogen-bond acceptors (Lipinski definition) is 3. The number of para-hydroxylation sites is 1. The van der Waals surface area contributed by atoms with Crippen LogP contribution in [0.5, 0.6) is 0 Å². The zero-order chi connectivity index (χ0) is 18.5. The summed E-state index contributed by atoms with van der Waals surface area (Å²) in [5.41, 5.74) is 4.82. The van der Waals surface area contributed by atoms with Crippen LogP contribution in [0, 0.1) is 6.92 Å². The number of rotatable bonds is 5. The molecule has 26 heavy (non-hydrogen) atoms. The van der Waals surface area contributed by atoms with Crippen molar-refractivity contribution in [3.63, 3.8) is 0 Å². The van der Waals surface area contributed by atoms with Crippen LogP contribution in [-0.2, 0) is 0 Å². The minimum absolute atomic E-state index is 0.144. The molecular weight excluding hydrogens is 322 g/mol. The largest absolute Gasteiger partial charge is 0.340 e. The maximum Gasteiger partial charge on any atom is 0.255 e. The lowest BCUT2D eigenvalue weighted by Gasteiger charge is -2.17. The molecule has 132 valence electrons. The summed E-state index contributed by atoms with van der Waals surface area (Å²) >= 11 is 0. The molecule has 2 aromatic carbocycles. The molecule has 0 spiro atoms. The van der Waals surface area contributed by atoms with E-state index in [1.807, 2.05) is 30.3 Å². The fraction of sp³-hybridized carbons (Fsp3) is 0.182. The minimum atomic E-state index is -0.144. The number of amides is 1. The van der Waals surface area contributed by atoms with Crippen LogP contribution in [0.25, 0.3) is 0 Å². The number of anilines is 3. The molecule has 3 aromatic rings. The fourth-order valence-electron chi connectivity index (χ4n) is 2.80. The van der Waals surface area contributed by atoms with Gasteiger partial charge in [0.2, 0.25) is 0 Å². The van der Waals surface area contributed by atoms with Crippen LogP contribution in [0.2, 0.25) is 0 Å². The van der Waals surface area contributed by atoms with E-state index < -0.39 is 0 Å². The van der Waals surface area contributed by atoms with E-state index in [-0.39, 0.29) is 5.91 Å². The monoisotopic (exact) mass is 345 g/mol. The Morgan fingerprint density at radius 1 is 0.962 bits per heavy atom. The van der Waals surface area contributed by atoms with E-state index in [2.05, 4.69) is 54.6 Å². The second kappa shape index (κ2) is 7.83. The Bertz CT molecular complexity index is 887. The number of carbonyl (C=O) groups is 1. The normalized spacial score (nSPS) is 10.6. The topological polar surface area (TPSA) is 54.0 Å². The molecule has 4 nitrogen and oxygen atoms in total. The Morgan fingerprint density at radius 3 is 2.38 bits per heavy atom. The van der Waals surface area contributed by atoms with Gasteiger partial charge in [0.15, 0.2) is 0 Å². The number of benzene rings is 2. The van der Waals surface area contributed by atoms with Crippen LogP contribution in [0.4, 0.5) is 17.2 Å². The van der Waals surface area contributed by atoms with E-state index in [9.17, 15) is 4.79 Å². The molecule has 2 N–H and O–H groups in total. The summed E-state index contributed by atoms with van der Waals surface area (Å²) in [6, 6.07) is 19.1. The van der Waals surface area contributed by atoms with Gasteiger partial charge in [-0.05, 0) is 48.2 Å². The highest BCUT2D eigenvalue weighted by molar-refractivity contribution is 6.04. The molecule has 3 rings (SSSR count). The third-order valence-electron chi connectivity index (χ3n) is 4.24. The Kier molecular flexibility index (Phi) is 5.32. The predicted octanol–water partition coefficient (Wildman–Crippen LogP) is 5.51. The van der Waals surface area contributed by atoms with Crippen molar-refractivity contribution in [1.82, 2.24) is 4.98 Å². The minimum Gasteiger partial charge on any atom is -0.340 e. The average molecular weight is 345 g/mol. The van der Waals surface area contributed by atoms with Crippen molar-refractivity contribution >= 4 is 23.1 Å². The van der Waals surface area contributed by atoms with Crippen molar-refractivity contribution in [2.24, 2.45) is 0 Å². The first-order valence-corrected chi connectivity index (χ1v) is 8.73. The first-order valence-electron chi connectivity index (χ1n) is 8.73. The summed E-state index contributed by atoms with van der Waals surface area (Å²) < 4.78 is 0. The van der Waals surface area contributed by atoms with Gasteiger partial charge in [0, 0.05) is 11.3 Å². The molecule has 0 aliphatic rings. The van der Waals surface area contributed by atoms with Crippen LogP contribution in [0.15, 0.2) is 66.9 Å². The van der Waals surface area contributed by atoms with Crippen LogP contribution < -0.4 is 10.6 Å². The van der Waals surface area contributed by atoms with Gasteiger partial charge in [-0.15, -0.1) is 0 Å². The number of aromatic nitrogens is 1. The zero-order valence-electron chi connectivity index (χ0n) is 15.3. The Morgan fingerprint density at radius 2 is 1.73 bits per heavy atom. The number of carbonyl (C=O) groups excluding carboxylic acids is 1. The fourth-order valence-corrected chi connectivity index (χ4v) is 2.80. The predicted molar refractivity (Wildman–Crippen MR) is 107 cm³/mol. The first-order chi connectivity index (χ1) is 12.5. The highest BCUT2D eigenvalue weighted by Crippen LogP contribution is 2.29. The number of hydrogen-bond donors (Lipinski definition) is 2. The van der Waals surface area contributed by atoms with Crippen molar-refractivity contribution in [3.8, 4) is 0 Å². The van der Waals surface area contributed by atoms with Crippen LogP contribution in [-0.4, -0.2) is 10.9 Å². The molecule has 0 aliphatic carbocycles. The summed E-state index contributed by atoms with van der Waals surface area (Å²) in [6.45, 7) is 6.44. The van der Waals surface area contributed by atoms with Gasteiger partial charge in [-0.1, -0.05) is 50.2 Å². The maximum atomic E-state index is 12.2. The van der Waals surface area contributed by atoms with Gasteiger partial charge in [-0.3, -0.25) is 4.79 Å². The standard InChI is InChI=1S/C22H23N3O/c1-15(2)19-11-7-8-16(3)21(19)25-20-13-12-18(14-23-20)24-22(26)17-9-5-4-6-10-17/h4-15H,1-3H3,(H,23,25)(H,24,26). The first kappa shape index (κ1) is 17.7. The van der Waals surface area contributed by atoms with Gasteiger partial charge in [0.05, 0.1) is 11.9 Å². The van der Waals surface area contributed by atoms with Gasteiger partial charge in [0.25, 0.3) is 5.91 Å². The summed E-state index contributed by atoms with van der Waals surface area (Å²) in [4.78, 5) is 16.6. The number of aryl methyl sites for hydroxylation is 1. The molecule has 0 fully saturated rings. The molecule has 0 bridgehead atoms. The van der Waals surface area contributed by atoms with Gasteiger partial charge in [-0.25, -0.2) is 4.98 Å². The number of nitrogens with zero attached hydrogens (tertiary/aromatic N) is 1. The van der Waals surface area contributed by atoms with Crippen LogP contribution >= 0.6 is 0 Å². The van der Waals surface area contributed by atoms with Gasteiger partial charge < -0.3 is 10.6 Å². The second-order valence-corrected chi connectivity index (χ2v) is 6.57. The summed E-state index contributed by atoms with van der Waals surface area (Å²) in [6.07, 6.45) is 1.66. The molecule has 0 saturated carbocycles. The molecule has 1 amide bonds. The van der Waals surface area contributed by atoms with Gasteiger partial charge in [0.1, 0.15) is 5.82 Å². The van der Waals surface area contributed by atoms with Crippen molar-refractivity contribution in [2.75, 3.05) is 10.6 Å². The Balaban J connectivity index is 1.74. The quantitative estimate of drug-likeness (QED) is 0.641. The average Bonchev–Trinajstić information content (AvgIpc) is 2.65. The summed E-state index contributed by atoms with van der Waals surface area (Å²) in [5, 5.41) is 6.27. The lowest BCUT2D eigenvalue weighted by atomic mass is 9.98. The van der Waals surface area contributed by atoms with E-state index >= 15 is 0 Å². The van der Waals surface area contributed by atoms with Crippen molar-refractivity contribution in [1.29, 1.82) is 0 Å². The van der Waals surface area contributed by atoms with E-state index in [1.165, 1.54) is 11.1 Å². The SMILES string of the molecule is Cc1cccc(C(C)C)c1Nc1ccc(NC(=O)c2ccccc2)cn1. The molecule has 0 unspecified atom stereocenters. The zero-order valence-corrected chi connectivity index (χ0v) is 15.3. The lowest BCUT2D eigenvalue weighted by molar-refractivity contribution is 0.102. The molecule has 1 aromatic heterocycles. The lowest BCUT2D eigenvalue weighted by Crippen LogP contribution is -2.11. The summed E-state index contributed by atoms with van der Waals surface area (Å²) in [7, 11) is 0. The molecule has 4 heteroatoms. The Labute approximate surface area is 154 Å². The number of pyridine rings is 1. The van der Waals surface area contributed by atoms with Gasteiger partial charge in [-0.2, -0.15) is 0 Å². The number of nitrogens with one attached hydrogen (secondary N) is 2. The van der Waals surface area contributed by atoms with Crippen LogP contribution in [0.1, 0.15) is 41.3 Å².